The maximum Gasteiger partial charge on any atom is 0.243 e. The Bertz CT molecular complexity index is 1030. The Balaban J connectivity index is 1.76. The lowest BCUT2D eigenvalue weighted by atomic mass is 9.98. The summed E-state index contributed by atoms with van der Waals surface area (Å²) in [6.45, 7) is 0.440. The number of ether oxygens (including phenoxy) is 2. The van der Waals surface area contributed by atoms with Gasteiger partial charge in [-0.05, 0) is 43.2 Å². The van der Waals surface area contributed by atoms with Crippen molar-refractivity contribution in [2.24, 2.45) is 5.92 Å². The monoisotopic (exact) mass is 472 g/mol. The van der Waals surface area contributed by atoms with Crippen LogP contribution in [0.3, 0.4) is 0 Å². The van der Waals surface area contributed by atoms with Gasteiger partial charge in [0.15, 0.2) is 0 Å². The van der Waals surface area contributed by atoms with E-state index >= 15 is 0 Å². The van der Waals surface area contributed by atoms with Crippen molar-refractivity contribution in [2.45, 2.75) is 17.7 Å². The molecule has 0 aromatic heterocycles. The fraction of sp³-hybridized carbons (Fsp3) is 0.350. The Hall–Kier alpha value is -2.00. The topological polar surface area (TPSA) is 84.9 Å². The van der Waals surface area contributed by atoms with E-state index in [1.54, 1.807) is 12.1 Å². The zero-order valence-corrected chi connectivity index (χ0v) is 18.9. The second-order valence-electron chi connectivity index (χ2n) is 6.83. The summed E-state index contributed by atoms with van der Waals surface area (Å²) in [5.41, 5.74) is 0.394. The number of methoxy groups -OCH3 is 2. The van der Waals surface area contributed by atoms with E-state index in [1.165, 1.54) is 42.8 Å². The molecule has 1 aliphatic heterocycles. The van der Waals surface area contributed by atoms with Crippen LogP contribution in [0.4, 0.5) is 5.69 Å². The van der Waals surface area contributed by atoms with E-state index in [0.717, 1.165) is 0 Å². The van der Waals surface area contributed by atoms with Crippen molar-refractivity contribution in [3.05, 3.63) is 46.4 Å². The van der Waals surface area contributed by atoms with Crippen LogP contribution >= 0.6 is 23.2 Å². The lowest BCUT2D eigenvalue weighted by molar-refractivity contribution is -0.120. The van der Waals surface area contributed by atoms with Gasteiger partial charge in [-0.2, -0.15) is 4.31 Å². The van der Waals surface area contributed by atoms with Crippen LogP contribution in [-0.2, 0) is 14.8 Å². The van der Waals surface area contributed by atoms with Gasteiger partial charge in [-0.3, -0.25) is 4.79 Å². The minimum atomic E-state index is -3.71. The number of piperidine rings is 1. The van der Waals surface area contributed by atoms with Gasteiger partial charge in [-0.25, -0.2) is 8.42 Å². The second-order valence-corrected chi connectivity index (χ2v) is 9.61. The van der Waals surface area contributed by atoms with E-state index in [-0.39, 0.29) is 17.3 Å². The molecule has 1 unspecified atom stereocenters. The van der Waals surface area contributed by atoms with Crippen molar-refractivity contribution >= 4 is 44.8 Å². The number of halogens is 2. The number of carbonyl (C=O) groups excluding carboxylic acids is 1. The first-order valence-corrected chi connectivity index (χ1v) is 11.4. The minimum absolute atomic E-state index is 0.0863. The highest BCUT2D eigenvalue weighted by Crippen LogP contribution is 2.36. The Labute approximate surface area is 185 Å². The van der Waals surface area contributed by atoms with Crippen molar-refractivity contribution < 1.29 is 22.7 Å². The Morgan fingerprint density at radius 2 is 1.77 bits per heavy atom. The smallest absolute Gasteiger partial charge is 0.243 e. The molecule has 0 aliphatic carbocycles. The summed E-state index contributed by atoms with van der Waals surface area (Å²) in [5.74, 6) is 0.00687. The van der Waals surface area contributed by atoms with Crippen LogP contribution in [0.25, 0.3) is 0 Å². The van der Waals surface area contributed by atoms with Gasteiger partial charge in [0, 0.05) is 24.2 Å². The predicted molar refractivity (Wildman–Crippen MR) is 116 cm³/mol. The molecule has 1 amide bonds. The Morgan fingerprint density at radius 3 is 2.40 bits per heavy atom. The largest absolute Gasteiger partial charge is 0.495 e. The third-order valence-corrected chi connectivity index (χ3v) is 7.36. The quantitative estimate of drug-likeness (QED) is 0.685. The third-order valence-electron chi connectivity index (χ3n) is 4.94. The molecule has 2 aromatic carbocycles. The first-order chi connectivity index (χ1) is 14.3. The van der Waals surface area contributed by atoms with Gasteiger partial charge in [0.05, 0.1) is 35.7 Å². The zero-order valence-electron chi connectivity index (χ0n) is 16.5. The van der Waals surface area contributed by atoms with Crippen LogP contribution in [0.5, 0.6) is 11.5 Å². The number of amides is 1. The molecule has 30 heavy (non-hydrogen) atoms. The molecule has 7 nitrogen and oxygen atoms in total. The van der Waals surface area contributed by atoms with Crippen molar-refractivity contribution in [2.75, 3.05) is 32.6 Å². The van der Waals surface area contributed by atoms with Gasteiger partial charge < -0.3 is 14.8 Å². The molecule has 3 rings (SSSR count). The number of anilines is 1. The fourth-order valence-corrected chi connectivity index (χ4v) is 5.21. The maximum atomic E-state index is 12.9. The number of nitrogens with zero attached hydrogens (tertiary/aromatic N) is 1. The molecule has 0 spiro atoms. The molecular formula is C20H22Cl2N2O5S. The van der Waals surface area contributed by atoms with Crippen LogP contribution in [0.15, 0.2) is 41.3 Å². The SMILES string of the molecule is COc1cc(OC)c(NC(=O)C2CCCN(S(=O)(=O)c3ccc(Cl)cc3)C2)cc1Cl. The average molecular weight is 473 g/mol. The van der Waals surface area contributed by atoms with E-state index in [9.17, 15) is 13.2 Å². The van der Waals surface area contributed by atoms with Gasteiger partial charge >= 0.3 is 0 Å². The third kappa shape index (κ3) is 4.83. The highest BCUT2D eigenvalue weighted by Gasteiger charge is 2.33. The van der Waals surface area contributed by atoms with Crippen molar-refractivity contribution in [1.29, 1.82) is 0 Å². The number of nitrogens with one attached hydrogen (secondary N) is 1. The molecule has 1 N–H and O–H groups in total. The van der Waals surface area contributed by atoms with Crippen molar-refractivity contribution in [1.82, 2.24) is 4.31 Å². The van der Waals surface area contributed by atoms with E-state index in [0.29, 0.717) is 46.6 Å². The molecule has 0 radical (unpaired) electrons. The maximum absolute atomic E-state index is 12.9. The number of rotatable bonds is 6. The molecule has 10 heteroatoms. The summed E-state index contributed by atoms with van der Waals surface area (Å²) in [6, 6.07) is 9.11. The first kappa shape index (κ1) is 22.7. The predicted octanol–water partition coefficient (Wildman–Crippen LogP) is 4.05. The summed E-state index contributed by atoms with van der Waals surface area (Å²) < 4.78 is 37.7. The molecular weight excluding hydrogens is 451 g/mol. The summed E-state index contributed by atoms with van der Waals surface area (Å²) in [5, 5.41) is 3.58. The van der Waals surface area contributed by atoms with Gasteiger partial charge in [-0.15, -0.1) is 0 Å². The summed E-state index contributed by atoms with van der Waals surface area (Å²) in [6.07, 6.45) is 1.15. The van der Waals surface area contributed by atoms with E-state index in [2.05, 4.69) is 5.32 Å². The van der Waals surface area contributed by atoms with Crippen LogP contribution in [0.2, 0.25) is 10.0 Å². The van der Waals surface area contributed by atoms with Crippen molar-refractivity contribution in [3.8, 4) is 11.5 Å². The summed E-state index contributed by atoms with van der Waals surface area (Å²) in [4.78, 5) is 13.0. The molecule has 162 valence electrons. The molecule has 0 saturated carbocycles. The number of benzene rings is 2. The lowest BCUT2D eigenvalue weighted by Crippen LogP contribution is -2.43. The number of carbonyl (C=O) groups is 1. The molecule has 1 heterocycles. The molecule has 1 saturated heterocycles. The summed E-state index contributed by atoms with van der Waals surface area (Å²) in [7, 11) is -0.760. The van der Waals surface area contributed by atoms with E-state index in [1.807, 2.05) is 0 Å². The normalized spacial score (nSPS) is 17.4. The Morgan fingerprint density at radius 1 is 1.10 bits per heavy atom. The van der Waals surface area contributed by atoms with Gasteiger partial charge in [0.1, 0.15) is 11.5 Å². The van der Waals surface area contributed by atoms with Gasteiger partial charge in [-0.1, -0.05) is 23.2 Å². The highest BCUT2D eigenvalue weighted by molar-refractivity contribution is 7.89. The lowest BCUT2D eigenvalue weighted by Gasteiger charge is -2.31. The standard InChI is InChI=1S/C20H22Cl2N2O5S/c1-28-18-11-19(29-2)17(10-16(18)22)23-20(25)13-4-3-9-24(12-13)30(26,27)15-7-5-14(21)6-8-15/h5-8,10-11,13H,3-4,9,12H2,1-2H3,(H,23,25). The van der Waals surface area contributed by atoms with Gasteiger partial charge in [0.2, 0.25) is 15.9 Å². The summed E-state index contributed by atoms with van der Waals surface area (Å²) >= 11 is 12.0. The van der Waals surface area contributed by atoms with Crippen LogP contribution in [-0.4, -0.2) is 45.9 Å². The molecule has 1 aliphatic rings. The second kappa shape index (κ2) is 9.43. The fourth-order valence-electron chi connectivity index (χ4n) is 3.32. The van der Waals surface area contributed by atoms with Crippen LogP contribution < -0.4 is 14.8 Å². The van der Waals surface area contributed by atoms with E-state index in [4.69, 9.17) is 32.7 Å². The highest BCUT2D eigenvalue weighted by atomic mass is 35.5. The van der Waals surface area contributed by atoms with Gasteiger partial charge in [0.25, 0.3) is 0 Å². The average Bonchev–Trinajstić information content (AvgIpc) is 2.74. The number of hydrogen-bond acceptors (Lipinski definition) is 5. The minimum Gasteiger partial charge on any atom is -0.495 e. The number of hydrogen-bond donors (Lipinski definition) is 1. The Kier molecular flexibility index (Phi) is 7.13. The van der Waals surface area contributed by atoms with Crippen molar-refractivity contribution in [3.63, 3.8) is 0 Å². The first-order valence-electron chi connectivity index (χ1n) is 9.24. The molecule has 2 aromatic rings. The molecule has 0 bridgehead atoms. The number of sulfonamides is 1. The van der Waals surface area contributed by atoms with E-state index < -0.39 is 15.9 Å². The molecule has 1 atom stereocenters. The molecule has 1 fully saturated rings. The zero-order chi connectivity index (χ0) is 21.9. The van der Waals surface area contributed by atoms with Crippen LogP contribution in [0.1, 0.15) is 12.8 Å². The van der Waals surface area contributed by atoms with Crippen LogP contribution in [0, 0.1) is 5.92 Å².